The fourth-order valence-corrected chi connectivity index (χ4v) is 6.99. The maximum Gasteiger partial charge on any atom is 0.387 e. The van der Waals surface area contributed by atoms with Crippen LogP contribution in [-0.2, 0) is 5.41 Å². The molecular weight excluding hydrogens is 412 g/mol. The average molecular weight is 435 g/mol. The van der Waals surface area contributed by atoms with Crippen molar-refractivity contribution in [2.45, 2.75) is 50.6 Å². The summed E-state index contributed by atoms with van der Waals surface area (Å²) in [5.74, 6) is 1.96. The molecule has 4 bridgehead atoms. The highest BCUT2D eigenvalue weighted by atomic mass is 32.1. The van der Waals surface area contributed by atoms with Gasteiger partial charge >= 0.3 is 6.61 Å². The van der Waals surface area contributed by atoms with Gasteiger partial charge in [0, 0.05) is 11.0 Å². The second-order valence-electron chi connectivity index (χ2n) is 8.81. The Bertz CT molecular complexity index is 929. The first-order valence-electron chi connectivity index (χ1n) is 10.2. The smallest absolute Gasteiger partial charge is 0.387 e. The highest BCUT2D eigenvalue weighted by Crippen LogP contribution is 2.61. The van der Waals surface area contributed by atoms with E-state index in [9.17, 15) is 13.6 Å². The first-order valence-corrected chi connectivity index (χ1v) is 11.0. The number of rotatable bonds is 6. The summed E-state index contributed by atoms with van der Waals surface area (Å²) in [5.41, 5.74) is 0.396. The Labute approximate surface area is 177 Å². The van der Waals surface area contributed by atoms with Gasteiger partial charge in [-0.1, -0.05) is 11.3 Å². The van der Waals surface area contributed by atoms with E-state index >= 15 is 0 Å². The number of alkyl halides is 2. The fourth-order valence-electron chi connectivity index (χ4n) is 6.03. The molecule has 6 rings (SSSR count). The molecular formula is C21H23F2N3O3S. The summed E-state index contributed by atoms with van der Waals surface area (Å²) in [5, 5.41) is 13.0. The normalized spacial score (nSPS) is 29.3. The number of nitrogens with one attached hydrogen (secondary N) is 1. The van der Waals surface area contributed by atoms with Crippen molar-refractivity contribution in [3.8, 4) is 11.5 Å². The second kappa shape index (κ2) is 7.44. The van der Waals surface area contributed by atoms with Crippen LogP contribution in [0.2, 0.25) is 0 Å². The molecule has 30 heavy (non-hydrogen) atoms. The molecule has 1 N–H and O–H groups in total. The molecule has 0 aliphatic heterocycles. The molecule has 1 amide bonds. The van der Waals surface area contributed by atoms with Crippen LogP contribution in [0.5, 0.6) is 11.5 Å². The largest absolute Gasteiger partial charge is 0.493 e. The van der Waals surface area contributed by atoms with Gasteiger partial charge in [0.15, 0.2) is 11.5 Å². The van der Waals surface area contributed by atoms with Gasteiger partial charge in [-0.3, -0.25) is 10.1 Å². The van der Waals surface area contributed by atoms with Crippen LogP contribution < -0.4 is 14.8 Å². The van der Waals surface area contributed by atoms with Gasteiger partial charge in [-0.15, -0.1) is 10.2 Å². The standard InChI is InChI=1S/C21H23F2N3O3S/c1-28-16-7-14(2-3-15(16)29-19(22)23)17(27)24-20-26-25-18(30-20)21-8-11-4-12(9-21)6-13(5-11)10-21/h2-3,7,11-13,19H,4-6,8-10H2,1H3,(H,24,26,27). The summed E-state index contributed by atoms with van der Waals surface area (Å²) in [6.45, 7) is -2.97. The fraction of sp³-hybridized carbons (Fsp3) is 0.571. The van der Waals surface area contributed by atoms with Crippen molar-refractivity contribution >= 4 is 22.4 Å². The topological polar surface area (TPSA) is 73.3 Å². The van der Waals surface area contributed by atoms with Crippen LogP contribution in [0.25, 0.3) is 0 Å². The van der Waals surface area contributed by atoms with Crippen LogP contribution in [0.4, 0.5) is 13.9 Å². The Balaban J connectivity index is 1.31. The van der Waals surface area contributed by atoms with Crippen LogP contribution in [0.1, 0.15) is 53.9 Å². The molecule has 1 aromatic carbocycles. The van der Waals surface area contributed by atoms with E-state index in [1.54, 1.807) is 0 Å². The molecule has 0 spiro atoms. The van der Waals surface area contributed by atoms with Crippen molar-refractivity contribution in [1.82, 2.24) is 10.2 Å². The molecule has 6 nitrogen and oxygen atoms in total. The van der Waals surface area contributed by atoms with E-state index in [-0.39, 0.29) is 22.5 Å². The summed E-state index contributed by atoms with van der Waals surface area (Å²) in [6, 6.07) is 4.07. The first kappa shape index (κ1) is 19.7. The minimum absolute atomic E-state index is 0.0643. The van der Waals surface area contributed by atoms with E-state index in [1.165, 1.54) is 75.2 Å². The van der Waals surface area contributed by atoms with E-state index in [0.29, 0.717) is 5.13 Å². The monoisotopic (exact) mass is 435 g/mol. The molecule has 160 valence electrons. The number of ether oxygens (including phenoxy) is 2. The first-order chi connectivity index (χ1) is 14.4. The lowest BCUT2D eigenvalue weighted by Crippen LogP contribution is -2.48. The van der Waals surface area contributed by atoms with Crippen molar-refractivity contribution in [3.63, 3.8) is 0 Å². The van der Waals surface area contributed by atoms with Gasteiger partial charge in [0.2, 0.25) is 5.13 Å². The Kier molecular flexibility index (Phi) is 4.88. The predicted molar refractivity (Wildman–Crippen MR) is 107 cm³/mol. The average Bonchev–Trinajstić information content (AvgIpc) is 3.16. The zero-order valence-electron chi connectivity index (χ0n) is 16.6. The summed E-state index contributed by atoms with van der Waals surface area (Å²) in [6.07, 6.45) is 7.62. The number of methoxy groups -OCH3 is 1. The molecule has 2 aromatic rings. The van der Waals surface area contributed by atoms with Crippen molar-refractivity contribution in [2.24, 2.45) is 17.8 Å². The Morgan fingerprint density at radius 1 is 1.13 bits per heavy atom. The maximum atomic E-state index is 12.7. The van der Waals surface area contributed by atoms with E-state index in [1.807, 2.05) is 0 Å². The van der Waals surface area contributed by atoms with Crippen LogP contribution >= 0.6 is 11.3 Å². The number of hydrogen-bond acceptors (Lipinski definition) is 6. The predicted octanol–water partition coefficient (Wildman–Crippen LogP) is 4.87. The van der Waals surface area contributed by atoms with E-state index in [0.717, 1.165) is 22.8 Å². The lowest BCUT2D eigenvalue weighted by molar-refractivity contribution is -0.0512. The number of carbonyl (C=O) groups is 1. The number of carbonyl (C=O) groups excluding carboxylic acids is 1. The number of halogens is 2. The third-order valence-corrected chi connectivity index (χ3v) is 7.86. The van der Waals surface area contributed by atoms with Gasteiger partial charge in [-0.25, -0.2) is 0 Å². The Morgan fingerprint density at radius 2 is 1.80 bits per heavy atom. The lowest BCUT2D eigenvalue weighted by Gasteiger charge is -2.55. The van der Waals surface area contributed by atoms with Crippen LogP contribution in [0.3, 0.4) is 0 Å². The van der Waals surface area contributed by atoms with Gasteiger partial charge in [-0.05, 0) is 74.5 Å². The van der Waals surface area contributed by atoms with Gasteiger partial charge in [0.25, 0.3) is 5.91 Å². The summed E-state index contributed by atoms with van der Waals surface area (Å²) in [4.78, 5) is 12.7. The minimum atomic E-state index is -2.97. The second-order valence-corrected chi connectivity index (χ2v) is 9.79. The minimum Gasteiger partial charge on any atom is -0.493 e. The molecule has 0 unspecified atom stereocenters. The van der Waals surface area contributed by atoms with E-state index in [2.05, 4.69) is 20.3 Å². The molecule has 1 heterocycles. The number of benzene rings is 1. The number of aromatic nitrogens is 2. The number of anilines is 1. The van der Waals surface area contributed by atoms with Gasteiger partial charge < -0.3 is 9.47 Å². The maximum absolute atomic E-state index is 12.7. The Morgan fingerprint density at radius 3 is 2.40 bits per heavy atom. The number of amides is 1. The third-order valence-electron chi connectivity index (χ3n) is 6.78. The van der Waals surface area contributed by atoms with Gasteiger partial charge in [0.05, 0.1) is 7.11 Å². The number of hydrogen-bond donors (Lipinski definition) is 1. The van der Waals surface area contributed by atoms with E-state index in [4.69, 9.17) is 4.74 Å². The summed E-state index contributed by atoms with van der Waals surface area (Å²) < 4.78 is 34.4. The van der Waals surface area contributed by atoms with Crippen molar-refractivity contribution in [2.75, 3.05) is 12.4 Å². The molecule has 0 radical (unpaired) electrons. The third kappa shape index (κ3) is 3.53. The van der Waals surface area contributed by atoms with Crippen LogP contribution in [-0.4, -0.2) is 29.8 Å². The van der Waals surface area contributed by atoms with Crippen molar-refractivity contribution in [1.29, 1.82) is 0 Å². The zero-order chi connectivity index (χ0) is 20.9. The molecule has 4 aliphatic rings. The molecule has 4 fully saturated rings. The zero-order valence-corrected chi connectivity index (χ0v) is 17.4. The lowest BCUT2D eigenvalue weighted by atomic mass is 9.50. The molecule has 1 aromatic heterocycles. The van der Waals surface area contributed by atoms with Crippen molar-refractivity contribution < 1.29 is 23.0 Å². The SMILES string of the molecule is COc1cc(C(=O)Nc2nnc(C34CC5CC(CC(C5)C3)C4)s2)ccc1OC(F)F. The Hall–Kier alpha value is -2.29. The molecule has 9 heteroatoms. The summed E-state index contributed by atoms with van der Waals surface area (Å²) >= 11 is 1.46. The quantitative estimate of drug-likeness (QED) is 0.701. The summed E-state index contributed by atoms with van der Waals surface area (Å²) in [7, 11) is 1.33. The van der Waals surface area contributed by atoms with E-state index < -0.39 is 12.5 Å². The molecule has 4 saturated carbocycles. The number of nitrogens with zero attached hydrogens (tertiary/aromatic N) is 2. The van der Waals surface area contributed by atoms with Crippen molar-refractivity contribution in [3.05, 3.63) is 28.8 Å². The van der Waals surface area contributed by atoms with Crippen LogP contribution in [0, 0.1) is 17.8 Å². The van der Waals surface area contributed by atoms with Crippen LogP contribution in [0.15, 0.2) is 18.2 Å². The van der Waals surface area contributed by atoms with Gasteiger partial charge in [0.1, 0.15) is 5.01 Å². The highest BCUT2D eigenvalue weighted by Gasteiger charge is 2.53. The molecule has 4 aliphatic carbocycles. The highest BCUT2D eigenvalue weighted by molar-refractivity contribution is 7.15. The van der Waals surface area contributed by atoms with Gasteiger partial charge in [-0.2, -0.15) is 8.78 Å². The molecule has 0 atom stereocenters. The molecule has 0 saturated heterocycles.